The van der Waals surface area contributed by atoms with Crippen molar-refractivity contribution in [2.45, 2.75) is 6.54 Å². The van der Waals surface area contributed by atoms with Gasteiger partial charge in [-0.05, 0) is 17.3 Å². The van der Waals surface area contributed by atoms with Gasteiger partial charge in [0.25, 0.3) is 11.9 Å². The van der Waals surface area contributed by atoms with Crippen LogP contribution in [0.3, 0.4) is 0 Å². The van der Waals surface area contributed by atoms with Crippen molar-refractivity contribution in [3.8, 4) is 0 Å². The molecular formula is C8H10N6O2. The highest BCUT2D eigenvalue weighted by Crippen LogP contribution is 2.08. The highest BCUT2D eigenvalue weighted by atomic mass is 16.4. The van der Waals surface area contributed by atoms with Crippen LogP contribution in [0.5, 0.6) is 0 Å². The Kier molecular flexibility index (Phi) is 2.64. The molecule has 0 fully saturated rings. The van der Waals surface area contributed by atoms with Gasteiger partial charge < -0.3 is 10.2 Å². The van der Waals surface area contributed by atoms with Gasteiger partial charge in [0.15, 0.2) is 5.76 Å². The molecule has 0 aromatic carbocycles. The monoisotopic (exact) mass is 222 g/mol. The first kappa shape index (κ1) is 10.3. The third kappa shape index (κ3) is 2.06. The van der Waals surface area contributed by atoms with Crippen molar-refractivity contribution < 1.29 is 9.21 Å². The summed E-state index contributed by atoms with van der Waals surface area (Å²) in [6.45, 7) is 0.247. The maximum absolute atomic E-state index is 11.6. The normalized spacial score (nSPS) is 10.4. The minimum atomic E-state index is -0.437. The first-order valence-electron chi connectivity index (χ1n) is 4.53. The fourth-order valence-electron chi connectivity index (χ4n) is 1.11. The summed E-state index contributed by atoms with van der Waals surface area (Å²) in [5.41, 5.74) is 5.36. The van der Waals surface area contributed by atoms with Crippen molar-refractivity contribution in [2.24, 2.45) is 12.8 Å². The predicted octanol–water partition coefficient (Wildman–Crippen LogP) is -0.486. The molecule has 0 aliphatic rings. The summed E-state index contributed by atoms with van der Waals surface area (Å²) in [7, 11) is 1.60. The third-order valence-electron chi connectivity index (χ3n) is 1.82. The summed E-state index contributed by atoms with van der Waals surface area (Å²) in [6, 6.07) is 3.17. The van der Waals surface area contributed by atoms with Crippen LogP contribution >= 0.6 is 0 Å². The van der Waals surface area contributed by atoms with Gasteiger partial charge in [-0.15, -0.1) is 5.10 Å². The van der Waals surface area contributed by atoms with E-state index in [1.165, 1.54) is 10.9 Å². The average molecular weight is 222 g/mol. The van der Waals surface area contributed by atoms with Crippen LogP contribution in [0.1, 0.15) is 16.3 Å². The number of nitrogens with zero attached hydrogens (tertiary/aromatic N) is 4. The Morgan fingerprint density at radius 2 is 2.44 bits per heavy atom. The highest BCUT2D eigenvalue weighted by Gasteiger charge is 2.13. The van der Waals surface area contributed by atoms with E-state index in [1.54, 1.807) is 13.1 Å². The van der Waals surface area contributed by atoms with Crippen molar-refractivity contribution in [3.63, 3.8) is 0 Å². The van der Waals surface area contributed by atoms with Gasteiger partial charge in [0, 0.05) is 0 Å². The van der Waals surface area contributed by atoms with E-state index in [1.807, 2.05) is 0 Å². The number of carbonyl (C=O) groups excluding carboxylic acids is 1. The molecule has 84 valence electrons. The molecule has 2 heterocycles. The van der Waals surface area contributed by atoms with Gasteiger partial charge in [-0.2, -0.15) is 4.80 Å². The zero-order valence-electron chi connectivity index (χ0n) is 8.54. The lowest BCUT2D eigenvalue weighted by Gasteiger charge is -1.95. The van der Waals surface area contributed by atoms with Crippen LogP contribution in [0.15, 0.2) is 16.5 Å². The lowest BCUT2D eigenvalue weighted by Crippen LogP contribution is -2.12. The molecule has 0 spiro atoms. The lowest BCUT2D eigenvalue weighted by atomic mass is 10.4. The molecule has 2 rings (SSSR count). The van der Waals surface area contributed by atoms with E-state index >= 15 is 0 Å². The highest BCUT2D eigenvalue weighted by molar-refractivity contribution is 6.01. The summed E-state index contributed by atoms with van der Waals surface area (Å²) >= 11 is 0. The first-order valence-corrected chi connectivity index (χ1v) is 4.53. The SMILES string of the molecule is Cn1nnc(NC(=O)c2ccc(CN)o2)n1. The number of tetrazole rings is 1. The standard InChI is InChI=1S/C8H10N6O2/c1-14-12-8(11-13-14)10-7(15)6-3-2-5(4-9)16-6/h2-3H,4,9H2,1H3,(H,10,12,15). The molecular weight excluding hydrogens is 212 g/mol. The number of hydrogen-bond donors (Lipinski definition) is 2. The Bertz CT molecular complexity index is 502. The number of nitrogens with two attached hydrogens (primary N) is 1. The number of aryl methyl sites for hydroxylation is 1. The van der Waals surface area contributed by atoms with Gasteiger partial charge in [0.2, 0.25) is 0 Å². The van der Waals surface area contributed by atoms with E-state index in [-0.39, 0.29) is 18.3 Å². The molecule has 16 heavy (non-hydrogen) atoms. The molecule has 0 aliphatic carbocycles. The molecule has 1 amide bonds. The van der Waals surface area contributed by atoms with Crippen LogP contribution in [-0.4, -0.2) is 26.1 Å². The van der Waals surface area contributed by atoms with Crippen LogP contribution < -0.4 is 11.1 Å². The first-order chi connectivity index (χ1) is 7.69. The Morgan fingerprint density at radius 1 is 1.62 bits per heavy atom. The molecule has 0 saturated carbocycles. The van der Waals surface area contributed by atoms with Crippen molar-refractivity contribution in [2.75, 3.05) is 5.32 Å². The Labute approximate surface area is 90.4 Å². The van der Waals surface area contributed by atoms with Crippen LogP contribution in [-0.2, 0) is 13.6 Å². The average Bonchev–Trinajstić information content (AvgIpc) is 2.87. The molecule has 8 nitrogen and oxygen atoms in total. The van der Waals surface area contributed by atoms with Crippen LogP contribution in [0.2, 0.25) is 0 Å². The lowest BCUT2D eigenvalue weighted by molar-refractivity contribution is 0.0994. The van der Waals surface area contributed by atoms with Crippen molar-refractivity contribution in [3.05, 3.63) is 23.7 Å². The van der Waals surface area contributed by atoms with Gasteiger partial charge in [-0.25, -0.2) is 0 Å². The van der Waals surface area contributed by atoms with E-state index in [0.29, 0.717) is 5.76 Å². The Balaban J connectivity index is 2.08. The fourth-order valence-corrected chi connectivity index (χ4v) is 1.11. The smallest absolute Gasteiger partial charge is 0.293 e. The van der Waals surface area contributed by atoms with Gasteiger partial charge in [-0.1, -0.05) is 5.10 Å². The van der Waals surface area contributed by atoms with Gasteiger partial charge in [0.1, 0.15) is 5.76 Å². The van der Waals surface area contributed by atoms with E-state index in [2.05, 4.69) is 20.7 Å². The zero-order chi connectivity index (χ0) is 11.5. The molecule has 0 saturated heterocycles. The minimum Gasteiger partial charge on any atom is -0.455 e. The number of nitrogens with one attached hydrogen (secondary N) is 1. The van der Waals surface area contributed by atoms with Crippen molar-refractivity contribution in [1.82, 2.24) is 20.2 Å². The molecule has 0 aliphatic heterocycles. The largest absolute Gasteiger partial charge is 0.455 e. The van der Waals surface area contributed by atoms with Crippen molar-refractivity contribution in [1.29, 1.82) is 0 Å². The van der Waals surface area contributed by atoms with Crippen LogP contribution in [0.4, 0.5) is 5.95 Å². The summed E-state index contributed by atoms with van der Waals surface area (Å²) in [5, 5.41) is 13.4. The second kappa shape index (κ2) is 4.11. The second-order valence-electron chi connectivity index (χ2n) is 3.03. The molecule has 0 atom stereocenters. The molecule has 0 unspecified atom stereocenters. The molecule has 0 radical (unpaired) electrons. The van der Waals surface area contributed by atoms with Gasteiger partial charge in [-0.3, -0.25) is 10.1 Å². The molecule has 0 bridgehead atoms. The Morgan fingerprint density at radius 3 is 3.00 bits per heavy atom. The number of hydrogen-bond acceptors (Lipinski definition) is 6. The van der Waals surface area contributed by atoms with E-state index < -0.39 is 5.91 Å². The molecule has 2 aromatic heterocycles. The Hall–Kier alpha value is -2.22. The number of anilines is 1. The topological polar surface area (TPSA) is 112 Å². The number of furan rings is 1. The fraction of sp³-hybridized carbons (Fsp3) is 0.250. The second-order valence-corrected chi connectivity index (χ2v) is 3.03. The summed E-state index contributed by atoms with van der Waals surface area (Å²) < 4.78 is 5.15. The summed E-state index contributed by atoms with van der Waals surface area (Å²) in [6.07, 6.45) is 0. The maximum atomic E-state index is 11.6. The quantitative estimate of drug-likeness (QED) is 0.725. The van der Waals surface area contributed by atoms with E-state index in [4.69, 9.17) is 10.2 Å². The van der Waals surface area contributed by atoms with Crippen LogP contribution in [0.25, 0.3) is 0 Å². The molecule has 3 N–H and O–H groups in total. The zero-order valence-corrected chi connectivity index (χ0v) is 8.54. The van der Waals surface area contributed by atoms with Crippen LogP contribution in [0, 0.1) is 0 Å². The number of aromatic nitrogens is 4. The third-order valence-corrected chi connectivity index (χ3v) is 1.82. The van der Waals surface area contributed by atoms with Gasteiger partial charge >= 0.3 is 0 Å². The molecule has 8 heteroatoms. The summed E-state index contributed by atoms with van der Waals surface area (Å²) in [4.78, 5) is 12.8. The number of amides is 1. The molecule has 2 aromatic rings. The van der Waals surface area contributed by atoms with E-state index in [0.717, 1.165) is 0 Å². The summed E-state index contributed by atoms with van der Waals surface area (Å²) in [5.74, 6) is 0.385. The number of carbonyl (C=O) groups is 1. The van der Waals surface area contributed by atoms with E-state index in [9.17, 15) is 4.79 Å². The maximum Gasteiger partial charge on any atom is 0.293 e. The van der Waals surface area contributed by atoms with Gasteiger partial charge in [0.05, 0.1) is 13.6 Å². The predicted molar refractivity (Wildman–Crippen MR) is 53.4 cm³/mol. The minimum absolute atomic E-state index is 0.123. The van der Waals surface area contributed by atoms with Crippen molar-refractivity contribution >= 4 is 11.9 Å². The number of rotatable bonds is 3.